The van der Waals surface area contributed by atoms with E-state index in [4.69, 9.17) is 4.74 Å². The molecule has 140 valence electrons. The molecule has 1 rings (SSSR count). The molecule has 0 aromatic rings. The van der Waals surface area contributed by atoms with E-state index < -0.39 is 12.3 Å². The molecule has 0 spiro atoms. The first-order valence-corrected chi connectivity index (χ1v) is 8.50. The summed E-state index contributed by atoms with van der Waals surface area (Å²) in [7, 11) is 7.30. The van der Waals surface area contributed by atoms with E-state index in [0.29, 0.717) is 32.2 Å². The van der Waals surface area contributed by atoms with Crippen LogP contribution in [0.15, 0.2) is 0 Å². The molecular formula is C16H32N4O4. The quantitative estimate of drug-likeness (QED) is 0.293. The second kappa shape index (κ2) is 10.6. The molecule has 5 atom stereocenters. The topological polar surface area (TPSA) is 121 Å². The van der Waals surface area contributed by atoms with Crippen molar-refractivity contribution in [3.63, 3.8) is 0 Å². The maximum absolute atomic E-state index is 11.9. The van der Waals surface area contributed by atoms with Crippen molar-refractivity contribution in [2.75, 3.05) is 6.54 Å². The van der Waals surface area contributed by atoms with Crippen LogP contribution in [0, 0.1) is 14.1 Å². The van der Waals surface area contributed by atoms with Crippen LogP contribution in [0.3, 0.4) is 0 Å². The molecule has 0 aromatic heterocycles. The predicted octanol–water partition coefficient (Wildman–Crippen LogP) is -2.65. The molecule has 0 aromatic carbocycles. The Morgan fingerprint density at radius 2 is 1.75 bits per heavy atom. The number of amides is 2. The van der Waals surface area contributed by atoms with Crippen LogP contribution in [0.1, 0.15) is 39.5 Å². The van der Waals surface area contributed by atoms with Gasteiger partial charge in [-0.2, -0.15) is 14.1 Å². The largest absolute Gasteiger partial charge is 0.476 e. The van der Waals surface area contributed by atoms with Gasteiger partial charge < -0.3 is 31.1 Å². The van der Waals surface area contributed by atoms with Gasteiger partial charge in [-0.15, -0.1) is 0 Å². The van der Waals surface area contributed by atoms with E-state index in [1.807, 2.05) is 13.8 Å². The second-order valence-electron chi connectivity index (χ2n) is 6.54. The van der Waals surface area contributed by atoms with Crippen LogP contribution < -0.4 is 21.3 Å². The monoisotopic (exact) mass is 344 g/mol. The highest BCUT2D eigenvalue weighted by atomic mass is 16.6. The number of rotatable bonds is 9. The Labute approximate surface area is 144 Å². The number of hydrogen-bond acceptors (Lipinski definition) is 4. The molecule has 1 heterocycles. The van der Waals surface area contributed by atoms with Gasteiger partial charge in [0.05, 0.1) is 37.1 Å². The van der Waals surface area contributed by atoms with Crippen molar-refractivity contribution in [2.45, 2.75) is 70.1 Å². The zero-order chi connectivity index (χ0) is 18.1. The fraction of sp³-hybridized carbons (Fsp3) is 0.750. The van der Waals surface area contributed by atoms with Crippen LogP contribution in [0.25, 0.3) is 0 Å². The van der Waals surface area contributed by atoms with Gasteiger partial charge in [-0.3, -0.25) is 9.59 Å². The molecule has 0 bridgehead atoms. The number of hydrogen-bond donors (Lipinski definition) is 5. The number of carbonyl (C=O) groups is 2. The second-order valence-corrected chi connectivity index (χ2v) is 6.54. The van der Waals surface area contributed by atoms with Gasteiger partial charge in [-0.25, -0.2) is 0 Å². The lowest BCUT2D eigenvalue weighted by Gasteiger charge is -2.34. The maximum atomic E-state index is 11.9. The Hall–Kier alpha value is -1.22. The van der Waals surface area contributed by atoms with Crippen molar-refractivity contribution in [3.05, 3.63) is 14.1 Å². The molecule has 5 unspecified atom stereocenters. The van der Waals surface area contributed by atoms with Crippen LogP contribution >= 0.6 is 0 Å². The van der Waals surface area contributed by atoms with Crippen molar-refractivity contribution in [1.29, 1.82) is 0 Å². The molecule has 0 aliphatic carbocycles. The van der Waals surface area contributed by atoms with Gasteiger partial charge in [-0.1, -0.05) is 0 Å². The SMILES string of the molecule is [CH2-][NH2+]C(C)CC(=O)NCC1CCC(NC(=O)CC(C)[NH2+][CH2-])C(O)O1. The fourth-order valence-electron chi connectivity index (χ4n) is 2.48. The summed E-state index contributed by atoms with van der Waals surface area (Å²) in [5.41, 5.74) is 0. The van der Waals surface area contributed by atoms with Gasteiger partial charge in [-0.05, 0) is 26.7 Å². The Kier molecular flexibility index (Phi) is 9.20. The summed E-state index contributed by atoms with van der Waals surface area (Å²) in [6, 6.07) is -0.199. The highest BCUT2D eigenvalue weighted by molar-refractivity contribution is 5.77. The Bertz CT molecular complexity index is 408. The standard InChI is InChI=1S/C16H32N4O4/c1-10(17-3)7-14(21)19-9-12-5-6-13(16(23)24-12)20-15(22)8-11(2)18-4/h10-13,16,23H,3-9,17-18H2,1-2H3,(H,19,21)(H,20,22). The number of aliphatic hydroxyl groups is 1. The van der Waals surface area contributed by atoms with Crippen molar-refractivity contribution < 1.29 is 30.1 Å². The van der Waals surface area contributed by atoms with Gasteiger partial charge in [0.25, 0.3) is 0 Å². The number of nitrogens with one attached hydrogen (secondary N) is 2. The fourth-order valence-corrected chi connectivity index (χ4v) is 2.48. The summed E-state index contributed by atoms with van der Waals surface area (Å²) >= 11 is 0. The van der Waals surface area contributed by atoms with Crippen LogP contribution in [0.2, 0.25) is 0 Å². The van der Waals surface area contributed by atoms with E-state index in [1.165, 1.54) is 0 Å². The van der Waals surface area contributed by atoms with E-state index in [1.54, 1.807) is 10.6 Å². The van der Waals surface area contributed by atoms with Gasteiger partial charge in [0.2, 0.25) is 11.8 Å². The molecule has 0 radical (unpaired) electrons. The number of aliphatic hydroxyl groups excluding tert-OH is 1. The summed E-state index contributed by atoms with van der Waals surface area (Å²) in [4.78, 5) is 23.6. The number of quaternary nitrogens is 2. The maximum Gasteiger partial charge on any atom is 0.226 e. The number of carbonyl (C=O) groups excluding carboxylic acids is 2. The average molecular weight is 344 g/mol. The Balaban J connectivity index is 2.30. The third-order valence-electron chi connectivity index (χ3n) is 4.17. The van der Waals surface area contributed by atoms with E-state index in [2.05, 4.69) is 24.7 Å². The van der Waals surface area contributed by atoms with Gasteiger partial charge in [0.15, 0.2) is 6.29 Å². The zero-order valence-corrected chi connectivity index (χ0v) is 14.7. The molecule has 7 N–H and O–H groups in total. The summed E-state index contributed by atoms with van der Waals surface area (Å²) in [5.74, 6) is -0.186. The minimum atomic E-state index is -1.06. The van der Waals surface area contributed by atoms with Gasteiger partial charge in [0, 0.05) is 6.54 Å². The summed E-state index contributed by atoms with van der Waals surface area (Å²) in [5, 5.41) is 19.1. The third-order valence-corrected chi connectivity index (χ3v) is 4.17. The first-order valence-electron chi connectivity index (χ1n) is 8.50. The van der Waals surface area contributed by atoms with Crippen molar-refractivity contribution in [1.82, 2.24) is 10.6 Å². The summed E-state index contributed by atoms with van der Waals surface area (Å²) in [6.45, 7) is 4.19. The van der Waals surface area contributed by atoms with Crippen molar-refractivity contribution in [3.8, 4) is 0 Å². The third kappa shape index (κ3) is 7.57. The first-order chi connectivity index (χ1) is 11.3. The Morgan fingerprint density at radius 1 is 1.17 bits per heavy atom. The van der Waals surface area contributed by atoms with E-state index in [0.717, 1.165) is 0 Å². The van der Waals surface area contributed by atoms with Crippen LogP contribution in [-0.2, 0) is 14.3 Å². The highest BCUT2D eigenvalue weighted by Crippen LogP contribution is 2.18. The van der Waals surface area contributed by atoms with Crippen LogP contribution in [0.4, 0.5) is 0 Å². The predicted molar refractivity (Wildman–Crippen MR) is 87.8 cm³/mol. The van der Waals surface area contributed by atoms with Crippen molar-refractivity contribution in [2.24, 2.45) is 0 Å². The van der Waals surface area contributed by atoms with E-state index in [9.17, 15) is 14.7 Å². The van der Waals surface area contributed by atoms with Gasteiger partial charge >= 0.3 is 0 Å². The zero-order valence-electron chi connectivity index (χ0n) is 14.7. The lowest BCUT2D eigenvalue weighted by Crippen LogP contribution is -2.83. The minimum Gasteiger partial charge on any atom is -0.476 e. The van der Waals surface area contributed by atoms with Crippen molar-refractivity contribution >= 4 is 11.8 Å². The summed E-state index contributed by atoms with van der Waals surface area (Å²) in [6.07, 6.45) is 0.695. The van der Waals surface area contributed by atoms with Crippen LogP contribution in [0.5, 0.6) is 0 Å². The molecular weight excluding hydrogens is 312 g/mol. The van der Waals surface area contributed by atoms with Crippen LogP contribution in [-0.4, -0.2) is 54.0 Å². The average Bonchev–Trinajstić information content (AvgIpc) is 2.54. The van der Waals surface area contributed by atoms with E-state index >= 15 is 0 Å². The molecule has 8 nitrogen and oxygen atoms in total. The number of ether oxygens (including phenoxy) is 1. The normalized spacial score (nSPS) is 26.5. The molecule has 24 heavy (non-hydrogen) atoms. The molecule has 1 fully saturated rings. The smallest absolute Gasteiger partial charge is 0.226 e. The Morgan fingerprint density at radius 3 is 2.29 bits per heavy atom. The first kappa shape index (κ1) is 20.8. The lowest BCUT2D eigenvalue weighted by atomic mass is 10.0. The summed E-state index contributed by atoms with van der Waals surface area (Å²) < 4.78 is 5.50. The molecule has 8 heteroatoms. The van der Waals surface area contributed by atoms with Gasteiger partial charge in [0.1, 0.15) is 0 Å². The van der Waals surface area contributed by atoms with E-state index in [-0.39, 0.29) is 30.0 Å². The molecule has 1 aliphatic rings. The highest BCUT2D eigenvalue weighted by Gasteiger charge is 2.31. The lowest BCUT2D eigenvalue weighted by molar-refractivity contribution is -0.629. The molecule has 1 saturated heterocycles. The molecule has 0 saturated carbocycles. The molecule has 1 aliphatic heterocycles. The number of nitrogens with two attached hydrogens (primary N) is 2. The minimum absolute atomic E-state index is 0.0608. The molecule has 2 amide bonds.